The molecule has 0 aromatic heterocycles. The van der Waals surface area contributed by atoms with Crippen LogP contribution in [0.2, 0.25) is 0 Å². The molecule has 1 rings (SSSR count). The van der Waals surface area contributed by atoms with Crippen LogP contribution in [-0.4, -0.2) is 40.7 Å². The van der Waals surface area contributed by atoms with Crippen LogP contribution < -0.4 is 5.32 Å². The van der Waals surface area contributed by atoms with Gasteiger partial charge in [0.25, 0.3) is 5.09 Å². The molecule has 15 heavy (non-hydrogen) atoms. The molecular formula is C6H12N2O6Y. The van der Waals surface area contributed by atoms with Crippen LogP contribution in [0.3, 0.4) is 0 Å². The van der Waals surface area contributed by atoms with Gasteiger partial charge in [-0.3, -0.25) is 0 Å². The minimum atomic E-state index is -1.50. The molecule has 1 unspecified atom stereocenters. The Morgan fingerprint density at radius 2 is 2.20 bits per heavy atom. The van der Waals surface area contributed by atoms with Crippen LogP contribution >= 0.6 is 0 Å². The van der Waals surface area contributed by atoms with E-state index in [9.17, 15) is 4.79 Å². The molecule has 3 N–H and O–H groups in total. The molecule has 9 heteroatoms. The fourth-order valence-corrected chi connectivity index (χ4v) is 1.07. The molecule has 1 heterocycles. The number of nitrogens with zero attached hydrogens (tertiary/aromatic N) is 1. The van der Waals surface area contributed by atoms with Gasteiger partial charge in [-0.25, -0.2) is 4.79 Å². The van der Waals surface area contributed by atoms with Gasteiger partial charge in [-0.05, 0) is 19.4 Å². The molecule has 0 amide bonds. The third-order valence-electron chi connectivity index (χ3n) is 1.57. The fraction of sp³-hybridized carbons (Fsp3) is 0.833. The van der Waals surface area contributed by atoms with E-state index in [0.29, 0.717) is 0 Å². The molecule has 1 atom stereocenters. The van der Waals surface area contributed by atoms with Gasteiger partial charge in [-0.1, -0.05) is 0 Å². The van der Waals surface area contributed by atoms with Gasteiger partial charge in [-0.15, -0.1) is 10.1 Å². The number of hydrogen-bond acceptors (Lipinski definition) is 5. The van der Waals surface area contributed by atoms with Crippen LogP contribution in [0.4, 0.5) is 4.79 Å². The number of rotatable bonds is 2. The zero-order valence-electron chi connectivity index (χ0n) is 7.96. The average Bonchev–Trinajstić information content (AvgIpc) is 2.51. The first-order valence-electron chi connectivity index (χ1n) is 3.94. The first-order chi connectivity index (χ1) is 6.52. The number of carboxylic acid groups (broad SMARTS) is 1. The minimum absolute atomic E-state index is 0. The molecule has 1 fully saturated rings. The van der Waals surface area contributed by atoms with Gasteiger partial charge in [0.2, 0.25) is 0 Å². The van der Waals surface area contributed by atoms with Gasteiger partial charge in [0, 0.05) is 38.8 Å². The van der Waals surface area contributed by atoms with Gasteiger partial charge in [-0.2, -0.15) is 0 Å². The van der Waals surface area contributed by atoms with E-state index in [1.54, 1.807) is 0 Å². The molecule has 0 bridgehead atoms. The predicted molar refractivity (Wildman–Crippen MR) is 43.8 cm³/mol. The maximum atomic E-state index is 9.91. The first-order valence-corrected chi connectivity index (χ1v) is 3.94. The average molecular weight is 297 g/mol. The summed E-state index contributed by atoms with van der Waals surface area (Å²) >= 11 is 0. The van der Waals surface area contributed by atoms with Crippen molar-refractivity contribution in [3.8, 4) is 0 Å². The maximum Gasteiger partial charge on any atom is 0.505 e. The Hall–Kier alpha value is -0.466. The molecule has 0 saturated carbocycles. The van der Waals surface area contributed by atoms with Crippen LogP contribution in [0.25, 0.3) is 0 Å². The largest absolute Gasteiger partial charge is 0.505 e. The number of nitrogens with one attached hydrogen (secondary N) is 1. The Labute approximate surface area is 111 Å². The zero-order valence-corrected chi connectivity index (χ0v) is 10.8. The van der Waals surface area contributed by atoms with Crippen molar-refractivity contribution < 1.29 is 57.6 Å². The fourth-order valence-electron chi connectivity index (χ4n) is 1.07. The topological polar surface area (TPSA) is 122 Å². The van der Waals surface area contributed by atoms with Crippen molar-refractivity contribution in [1.29, 1.82) is 0 Å². The SMILES string of the molecule is O=C(O)OCC1CCCN1.O=[N+]([O-])O.[Y]. The summed E-state index contributed by atoms with van der Waals surface area (Å²) in [5.41, 5.74) is 0. The zero-order chi connectivity index (χ0) is 11.0. The number of carbonyl (C=O) groups is 1. The standard InChI is InChI=1S/C6H11NO3.HNO3.Y/c8-6(9)10-4-5-2-1-3-7-5;2-1(3)4;/h5,7H,1-4H2,(H,8,9);(H,2,3,4);. The molecule has 85 valence electrons. The molecular weight excluding hydrogens is 285 g/mol. The summed E-state index contributed by atoms with van der Waals surface area (Å²) in [6.07, 6.45) is 0.953. The summed E-state index contributed by atoms with van der Waals surface area (Å²) in [4.78, 5) is 18.3. The summed E-state index contributed by atoms with van der Waals surface area (Å²) in [7, 11) is 0. The van der Waals surface area contributed by atoms with Crippen molar-refractivity contribution in [1.82, 2.24) is 5.32 Å². The van der Waals surface area contributed by atoms with Crippen LogP contribution in [0.5, 0.6) is 0 Å². The van der Waals surface area contributed by atoms with E-state index < -0.39 is 11.2 Å². The predicted octanol–water partition coefficient (Wildman–Crippen LogP) is 0.0828. The molecule has 0 aliphatic carbocycles. The van der Waals surface area contributed by atoms with E-state index >= 15 is 0 Å². The van der Waals surface area contributed by atoms with Crippen molar-refractivity contribution in [2.75, 3.05) is 13.2 Å². The Morgan fingerprint density at radius 3 is 2.53 bits per heavy atom. The number of hydrogen-bond donors (Lipinski definition) is 3. The van der Waals surface area contributed by atoms with E-state index in [-0.39, 0.29) is 45.4 Å². The summed E-state index contributed by atoms with van der Waals surface area (Å²) in [5, 5.41) is 24.9. The Bertz CT molecular complexity index is 192. The van der Waals surface area contributed by atoms with Crippen molar-refractivity contribution in [2.45, 2.75) is 18.9 Å². The molecule has 1 saturated heterocycles. The van der Waals surface area contributed by atoms with Crippen LogP contribution in [0.1, 0.15) is 12.8 Å². The van der Waals surface area contributed by atoms with Crippen molar-refractivity contribution >= 4 is 6.16 Å². The van der Waals surface area contributed by atoms with Crippen LogP contribution in [0, 0.1) is 10.1 Å². The van der Waals surface area contributed by atoms with Crippen LogP contribution in [0.15, 0.2) is 0 Å². The smallest absolute Gasteiger partial charge is 0.450 e. The number of ether oxygens (including phenoxy) is 1. The van der Waals surface area contributed by atoms with Crippen molar-refractivity contribution in [3.05, 3.63) is 10.1 Å². The van der Waals surface area contributed by atoms with Crippen LogP contribution in [-0.2, 0) is 37.4 Å². The quantitative estimate of drug-likeness (QED) is 0.375. The Kier molecular flexibility index (Phi) is 11.4. The van der Waals surface area contributed by atoms with Crippen molar-refractivity contribution in [3.63, 3.8) is 0 Å². The Balaban J connectivity index is 0. The summed E-state index contributed by atoms with van der Waals surface area (Å²) in [5.74, 6) is 0. The third-order valence-corrected chi connectivity index (χ3v) is 1.57. The van der Waals surface area contributed by atoms with E-state index in [4.69, 9.17) is 20.4 Å². The van der Waals surface area contributed by atoms with Gasteiger partial charge >= 0.3 is 6.16 Å². The molecule has 0 aromatic carbocycles. The van der Waals surface area contributed by atoms with Gasteiger partial charge in [0.15, 0.2) is 0 Å². The molecule has 1 radical (unpaired) electrons. The van der Waals surface area contributed by atoms with Gasteiger partial charge in [0.1, 0.15) is 6.61 Å². The van der Waals surface area contributed by atoms with Gasteiger partial charge < -0.3 is 20.4 Å². The minimum Gasteiger partial charge on any atom is -0.450 e. The Morgan fingerprint density at radius 1 is 1.67 bits per heavy atom. The second kappa shape index (κ2) is 10.1. The normalized spacial score (nSPS) is 18.0. The molecule has 1 aliphatic rings. The van der Waals surface area contributed by atoms with E-state index in [1.165, 1.54) is 0 Å². The molecule has 0 aromatic rings. The van der Waals surface area contributed by atoms with E-state index in [0.717, 1.165) is 19.4 Å². The second-order valence-corrected chi connectivity index (χ2v) is 2.61. The summed E-state index contributed by atoms with van der Waals surface area (Å²) in [6.45, 7) is 1.27. The maximum absolute atomic E-state index is 9.91. The molecule has 8 nitrogen and oxygen atoms in total. The summed E-state index contributed by atoms with van der Waals surface area (Å²) in [6, 6.07) is 0.246. The van der Waals surface area contributed by atoms with E-state index in [1.807, 2.05) is 0 Å². The first kappa shape index (κ1) is 16.9. The summed E-state index contributed by atoms with van der Waals surface area (Å²) < 4.78 is 4.38. The third kappa shape index (κ3) is 13.5. The van der Waals surface area contributed by atoms with Crippen molar-refractivity contribution in [2.24, 2.45) is 0 Å². The molecule has 0 spiro atoms. The second-order valence-electron chi connectivity index (χ2n) is 2.61. The monoisotopic (exact) mass is 297 g/mol. The van der Waals surface area contributed by atoms with E-state index in [2.05, 4.69) is 10.1 Å². The molecule has 1 aliphatic heterocycles. The van der Waals surface area contributed by atoms with Gasteiger partial charge in [0.05, 0.1) is 0 Å².